The summed E-state index contributed by atoms with van der Waals surface area (Å²) in [6.45, 7) is 6.77. The minimum absolute atomic E-state index is 0.0875. The molecule has 1 aromatic carbocycles. The molecule has 2 aromatic heterocycles. The lowest BCUT2D eigenvalue weighted by Gasteiger charge is -2.31. The van der Waals surface area contributed by atoms with Crippen LogP contribution in [0.25, 0.3) is 0 Å². The third kappa shape index (κ3) is 7.09. The number of nitrogens with one attached hydrogen (secondary N) is 1. The van der Waals surface area contributed by atoms with Gasteiger partial charge < -0.3 is 25.3 Å². The Bertz CT molecular complexity index is 1380. The summed E-state index contributed by atoms with van der Waals surface area (Å²) in [5.74, 6) is 2.49. The molecule has 2 heterocycles. The second-order valence-electron chi connectivity index (χ2n) is 11.7. The Kier molecular flexibility index (Phi) is 8.06. The minimum atomic E-state index is -0.840. The lowest BCUT2D eigenvalue weighted by molar-refractivity contribution is -0.384. The van der Waals surface area contributed by atoms with Crippen LogP contribution in [0, 0.1) is 16.0 Å². The molecule has 2 fully saturated rings. The van der Waals surface area contributed by atoms with Crippen LogP contribution in [0.1, 0.15) is 64.5 Å². The quantitative estimate of drug-likeness (QED) is 0.154. The number of anilines is 2. The predicted molar refractivity (Wildman–Crippen MR) is 149 cm³/mol. The number of carbonyl (C=O) groups excluding carboxylic acids is 1. The van der Waals surface area contributed by atoms with Gasteiger partial charge in [-0.15, -0.1) is 0 Å². The van der Waals surface area contributed by atoms with Crippen LogP contribution in [-0.4, -0.2) is 49.6 Å². The van der Waals surface area contributed by atoms with Gasteiger partial charge in [0.25, 0.3) is 5.69 Å². The largest absolute Gasteiger partial charge is 0.514 e. The molecule has 2 atom stereocenters. The Labute approximate surface area is 237 Å². The standard InChI is InChI=1S/C28H35N7O6/c1-28(2,3)34-25(31-24-14-30-15-26(32-24)39-16-17-10-19(29)11-17)13-23(33-34)18-4-7-22(12-18)41-27(36)40-21-8-5-20(6-9-21)35(37)38/h5-6,8-9,13-15,17-19,22H,4,7,10-12,16,29H2,1-3H3,(H,31,32)/t17?,18-,19?,22+/m0/s1. The molecule has 41 heavy (non-hydrogen) atoms. The third-order valence-corrected chi connectivity index (χ3v) is 7.29. The van der Waals surface area contributed by atoms with Crippen LogP contribution in [0.2, 0.25) is 0 Å². The van der Waals surface area contributed by atoms with Gasteiger partial charge in [-0.3, -0.25) is 15.1 Å². The van der Waals surface area contributed by atoms with E-state index in [1.54, 1.807) is 12.4 Å². The summed E-state index contributed by atoms with van der Waals surface area (Å²) in [5, 5.41) is 19.1. The number of hydrogen-bond donors (Lipinski definition) is 2. The molecule has 218 valence electrons. The summed E-state index contributed by atoms with van der Waals surface area (Å²) < 4.78 is 18.5. The van der Waals surface area contributed by atoms with E-state index in [9.17, 15) is 14.9 Å². The second-order valence-corrected chi connectivity index (χ2v) is 11.7. The van der Waals surface area contributed by atoms with Gasteiger partial charge in [-0.05, 0) is 70.9 Å². The molecular formula is C28H35N7O6. The summed E-state index contributed by atoms with van der Waals surface area (Å²) in [7, 11) is 0. The number of non-ortho nitro benzene ring substituents is 1. The summed E-state index contributed by atoms with van der Waals surface area (Å²) in [4.78, 5) is 31.5. The van der Waals surface area contributed by atoms with Gasteiger partial charge in [0.15, 0.2) is 5.82 Å². The van der Waals surface area contributed by atoms with Crippen molar-refractivity contribution in [3.8, 4) is 11.6 Å². The van der Waals surface area contributed by atoms with Gasteiger partial charge in [0, 0.05) is 30.2 Å². The van der Waals surface area contributed by atoms with Crippen LogP contribution in [0.3, 0.4) is 0 Å². The maximum Gasteiger partial charge on any atom is 0.514 e. The zero-order valence-corrected chi connectivity index (χ0v) is 23.4. The fraction of sp³-hybridized carbons (Fsp3) is 0.500. The summed E-state index contributed by atoms with van der Waals surface area (Å²) in [6.07, 6.45) is 6.07. The highest BCUT2D eigenvalue weighted by Gasteiger charge is 2.33. The van der Waals surface area contributed by atoms with E-state index in [2.05, 4.69) is 36.1 Å². The average Bonchev–Trinajstić information content (AvgIpc) is 3.53. The normalized spacial score (nSPS) is 22.0. The molecule has 13 heteroatoms. The molecule has 2 aliphatic carbocycles. The Morgan fingerprint density at radius 2 is 1.93 bits per heavy atom. The van der Waals surface area contributed by atoms with Crippen molar-refractivity contribution in [3.05, 3.63) is 58.5 Å². The number of nitrogens with two attached hydrogens (primary N) is 1. The second kappa shape index (κ2) is 11.7. The Balaban J connectivity index is 1.20. The Hall–Kier alpha value is -4.26. The molecule has 3 N–H and O–H groups in total. The molecule has 0 spiro atoms. The van der Waals surface area contributed by atoms with E-state index in [0.717, 1.165) is 30.8 Å². The van der Waals surface area contributed by atoms with Gasteiger partial charge in [-0.1, -0.05) is 0 Å². The summed E-state index contributed by atoms with van der Waals surface area (Å²) in [6, 6.07) is 7.53. The zero-order valence-electron chi connectivity index (χ0n) is 23.4. The molecular weight excluding hydrogens is 530 g/mol. The maximum atomic E-state index is 12.3. The Morgan fingerprint density at radius 3 is 2.61 bits per heavy atom. The van der Waals surface area contributed by atoms with Gasteiger partial charge in [0.05, 0.1) is 35.2 Å². The van der Waals surface area contributed by atoms with E-state index >= 15 is 0 Å². The lowest BCUT2D eigenvalue weighted by atomic mass is 9.82. The van der Waals surface area contributed by atoms with Gasteiger partial charge in [-0.25, -0.2) is 9.48 Å². The number of benzene rings is 1. The number of hydrogen-bond acceptors (Lipinski definition) is 11. The number of rotatable bonds is 9. The van der Waals surface area contributed by atoms with Gasteiger partial charge in [-0.2, -0.15) is 10.1 Å². The molecule has 0 unspecified atom stereocenters. The van der Waals surface area contributed by atoms with E-state index in [0.29, 0.717) is 37.1 Å². The number of nitro groups is 1. The number of carbonyl (C=O) groups is 1. The Morgan fingerprint density at radius 1 is 1.17 bits per heavy atom. The monoisotopic (exact) mass is 565 g/mol. The molecule has 2 aliphatic rings. The van der Waals surface area contributed by atoms with Crippen molar-refractivity contribution in [3.63, 3.8) is 0 Å². The topological polar surface area (TPSA) is 170 Å². The van der Waals surface area contributed by atoms with Crippen LogP contribution in [0.4, 0.5) is 22.1 Å². The predicted octanol–water partition coefficient (Wildman–Crippen LogP) is 5.05. The number of nitrogens with zero attached hydrogens (tertiary/aromatic N) is 5. The van der Waals surface area contributed by atoms with Gasteiger partial charge >= 0.3 is 6.16 Å². The van der Waals surface area contributed by atoms with E-state index in [-0.39, 0.29) is 35.0 Å². The van der Waals surface area contributed by atoms with Crippen LogP contribution in [0.5, 0.6) is 11.6 Å². The lowest BCUT2D eigenvalue weighted by Crippen LogP contribution is -2.39. The van der Waals surface area contributed by atoms with Crippen molar-refractivity contribution < 1.29 is 23.9 Å². The molecule has 3 aromatic rings. The first-order valence-corrected chi connectivity index (χ1v) is 13.7. The van der Waals surface area contributed by atoms with Crippen molar-refractivity contribution in [1.29, 1.82) is 0 Å². The van der Waals surface area contributed by atoms with Gasteiger partial charge in [0.1, 0.15) is 17.7 Å². The zero-order chi connectivity index (χ0) is 29.1. The highest BCUT2D eigenvalue weighted by atomic mass is 16.7. The van der Waals surface area contributed by atoms with Crippen molar-refractivity contribution >= 4 is 23.5 Å². The third-order valence-electron chi connectivity index (χ3n) is 7.29. The molecule has 2 saturated carbocycles. The fourth-order valence-electron chi connectivity index (χ4n) is 5.14. The molecule has 13 nitrogen and oxygen atoms in total. The van der Waals surface area contributed by atoms with Crippen LogP contribution >= 0.6 is 0 Å². The number of aromatic nitrogens is 4. The molecule has 5 rings (SSSR count). The van der Waals surface area contributed by atoms with E-state index in [1.165, 1.54) is 24.3 Å². The van der Waals surface area contributed by atoms with E-state index in [4.69, 9.17) is 25.0 Å². The number of nitro benzene ring substituents is 1. The van der Waals surface area contributed by atoms with Crippen molar-refractivity contribution in [2.24, 2.45) is 11.7 Å². The van der Waals surface area contributed by atoms with Crippen LogP contribution in [0.15, 0.2) is 42.7 Å². The minimum Gasteiger partial charge on any atom is -0.476 e. The molecule has 0 saturated heterocycles. The first kappa shape index (κ1) is 28.3. The maximum absolute atomic E-state index is 12.3. The average molecular weight is 566 g/mol. The fourth-order valence-corrected chi connectivity index (χ4v) is 5.14. The van der Waals surface area contributed by atoms with E-state index in [1.807, 2.05) is 10.7 Å². The molecule has 0 amide bonds. The van der Waals surface area contributed by atoms with Crippen LogP contribution in [-0.2, 0) is 10.3 Å². The van der Waals surface area contributed by atoms with Crippen molar-refractivity contribution in [2.45, 2.75) is 76.5 Å². The first-order chi connectivity index (χ1) is 19.5. The smallest absolute Gasteiger partial charge is 0.476 e. The van der Waals surface area contributed by atoms with Crippen LogP contribution < -0.4 is 20.5 Å². The molecule has 0 bridgehead atoms. The first-order valence-electron chi connectivity index (χ1n) is 13.7. The van der Waals surface area contributed by atoms with Gasteiger partial charge in [0.2, 0.25) is 5.88 Å². The van der Waals surface area contributed by atoms with Crippen molar-refractivity contribution in [1.82, 2.24) is 19.7 Å². The number of ether oxygens (including phenoxy) is 3. The van der Waals surface area contributed by atoms with Crippen molar-refractivity contribution in [2.75, 3.05) is 11.9 Å². The van der Waals surface area contributed by atoms with E-state index < -0.39 is 11.1 Å². The summed E-state index contributed by atoms with van der Waals surface area (Å²) in [5.41, 5.74) is 6.36. The molecule has 0 aliphatic heterocycles. The SMILES string of the molecule is CC(C)(C)n1nc([C@H]2CC[C@@H](OC(=O)Oc3ccc([N+](=O)[O-])cc3)C2)cc1Nc1cncc(OCC2CC(N)C2)n1. The highest BCUT2D eigenvalue weighted by Crippen LogP contribution is 2.38. The highest BCUT2D eigenvalue weighted by molar-refractivity contribution is 5.64. The molecule has 0 radical (unpaired) electrons. The summed E-state index contributed by atoms with van der Waals surface area (Å²) >= 11 is 0.